The van der Waals surface area contributed by atoms with Gasteiger partial charge in [0.15, 0.2) is 5.82 Å². The molecule has 1 aromatic heterocycles. The van der Waals surface area contributed by atoms with Crippen LogP contribution in [0.2, 0.25) is 0 Å². The Balaban J connectivity index is 1.40. The predicted octanol–water partition coefficient (Wildman–Crippen LogP) is 4.28. The highest BCUT2D eigenvalue weighted by molar-refractivity contribution is 7.20. The van der Waals surface area contributed by atoms with Crippen molar-refractivity contribution in [2.45, 2.75) is 18.9 Å². The summed E-state index contributed by atoms with van der Waals surface area (Å²) in [5.41, 5.74) is 0.581. The largest absolute Gasteiger partial charge is 0.497 e. The van der Waals surface area contributed by atoms with Gasteiger partial charge in [0.2, 0.25) is 0 Å². The summed E-state index contributed by atoms with van der Waals surface area (Å²) in [4.78, 5) is 18.8. The number of hydrogen-bond donors (Lipinski definition) is 0. The van der Waals surface area contributed by atoms with Crippen molar-refractivity contribution < 1.29 is 27.8 Å². The molecular formula is C21H20F2N2O4S. The number of benzene rings is 2. The number of halogens is 2. The monoisotopic (exact) mass is 434 g/mol. The summed E-state index contributed by atoms with van der Waals surface area (Å²) < 4.78 is 44.0. The standard InChI is InChI=1S/C21H20F2N2O4S/c1-27-14-3-4-15(17(11-14)28-2)20(26)25-7-5-13(6-8-25)29-21-24-19-16(23)9-12(22)10-18(19)30-21/h3-4,9-11,13H,5-8H2,1-2H3. The van der Waals surface area contributed by atoms with E-state index in [1.54, 1.807) is 30.2 Å². The Bertz CT molecular complexity index is 1080. The number of aromatic nitrogens is 1. The number of fused-ring (bicyclic) bond motifs is 1. The number of hydrogen-bond acceptors (Lipinski definition) is 6. The first kappa shape index (κ1) is 20.3. The van der Waals surface area contributed by atoms with Gasteiger partial charge in [-0.25, -0.2) is 8.78 Å². The van der Waals surface area contributed by atoms with E-state index in [4.69, 9.17) is 14.2 Å². The SMILES string of the molecule is COc1ccc(C(=O)N2CCC(Oc3nc4c(F)cc(F)cc4s3)CC2)c(OC)c1. The molecule has 0 unspecified atom stereocenters. The maximum Gasteiger partial charge on any atom is 0.274 e. The zero-order valence-corrected chi connectivity index (χ0v) is 17.3. The average molecular weight is 434 g/mol. The van der Waals surface area contributed by atoms with Gasteiger partial charge in [-0.2, -0.15) is 4.98 Å². The minimum Gasteiger partial charge on any atom is -0.497 e. The van der Waals surface area contributed by atoms with Gasteiger partial charge in [-0.1, -0.05) is 11.3 Å². The smallest absolute Gasteiger partial charge is 0.274 e. The molecule has 1 fully saturated rings. The van der Waals surface area contributed by atoms with E-state index in [0.717, 1.165) is 17.4 Å². The number of likely N-dealkylation sites (tertiary alicyclic amines) is 1. The van der Waals surface area contributed by atoms with Crippen LogP contribution < -0.4 is 14.2 Å². The fourth-order valence-electron chi connectivity index (χ4n) is 3.45. The first-order valence-corrected chi connectivity index (χ1v) is 10.2. The molecule has 3 aromatic rings. The minimum absolute atomic E-state index is 0.107. The molecule has 1 saturated heterocycles. The van der Waals surface area contributed by atoms with Crippen LogP contribution in [0.3, 0.4) is 0 Å². The number of rotatable bonds is 5. The van der Waals surface area contributed by atoms with Gasteiger partial charge in [-0.3, -0.25) is 4.79 Å². The lowest BCUT2D eigenvalue weighted by atomic mass is 10.1. The van der Waals surface area contributed by atoms with E-state index < -0.39 is 11.6 Å². The van der Waals surface area contributed by atoms with Crippen molar-refractivity contribution in [3.05, 3.63) is 47.5 Å². The van der Waals surface area contributed by atoms with E-state index in [-0.39, 0.29) is 17.5 Å². The summed E-state index contributed by atoms with van der Waals surface area (Å²) in [5, 5.41) is 0.302. The van der Waals surface area contributed by atoms with Crippen LogP contribution >= 0.6 is 11.3 Å². The highest BCUT2D eigenvalue weighted by Crippen LogP contribution is 2.32. The van der Waals surface area contributed by atoms with Crippen LogP contribution in [0.5, 0.6) is 16.7 Å². The van der Waals surface area contributed by atoms with Crippen LogP contribution in [0.4, 0.5) is 8.78 Å². The van der Waals surface area contributed by atoms with Gasteiger partial charge in [0.25, 0.3) is 11.1 Å². The molecular weight excluding hydrogens is 414 g/mol. The molecule has 158 valence electrons. The Morgan fingerprint density at radius 2 is 1.90 bits per heavy atom. The number of piperidine rings is 1. The summed E-state index contributed by atoms with van der Waals surface area (Å²) in [6.07, 6.45) is 1.06. The summed E-state index contributed by atoms with van der Waals surface area (Å²) in [6.45, 7) is 1.01. The Kier molecular flexibility index (Phi) is 5.72. The van der Waals surface area contributed by atoms with Gasteiger partial charge in [0, 0.05) is 38.1 Å². The number of nitrogens with zero attached hydrogens (tertiary/aromatic N) is 2. The first-order chi connectivity index (χ1) is 14.5. The van der Waals surface area contributed by atoms with Crippen LogP contribution in [-0.2, 0) is 0 Å². The fourth-order valence-corrected chi connectivity index (χ4v) is 4.37. The Morgan fingerprint density at radius 3 is 2.60 bits per heavy atom. The lowest BCUT2D eigenvalue weighted by Gasteiger charge is -2.32. The Labute approximate surface area is 176 Å². The maximum atomic E-state index is 13.8. The molecule has 0 aliphatic carbocycles. The minimum atomic E-state index is -0.704. The number of carbonyl (C=O) groups excluding carboxylic acids is 1. The van der Waals surface area contributed by atoms with Crippen LogP contribution in [-0.4, -0.2) is 49.2 Å². The molecule has 2 aromatic carbocycles. The lowest BCUT2D eigenvalue weighted by molar-refractivity contribution is 0.0592. The van der Waals surface area contributed by atoms with Crippen molar-refractivity contribution in [3.63, 3.8) is 0 Å². The number of ether oxygens (including phenoxy) is 3. The molecule has 0 atom stereocenters. The molecule has 30 heavy (non-hydrogen) atoms. The van der Waals surface area contributed by atoms with Gasteiger partial charge in [0.05, 0.1) is 24.5 Å². The lowest BCUT2D eigenvalue weighted by Crippen LogP contribution is -2.41. The van der Waals surface area contributed by atoms with Crippen molar-refractivity contribution in [2.75, 3.05) is 27.3 Å². The molecule has 0 saturated carbocycles. The normalized spacial score (nSPS) is 14.7. The van der Waals surface area contributed by atoms with Crippen LogP contribution in [0.1, 0.15) is 23.2 Å². The topological polar surface area (TPSA) is 60.9 Å². The van der Waals surface area contributed by atoms with Crippen LogP contribution in [0.15, 0.2) is 30.3 Å². The van der Waals surface area contributed by atoms with Gasteiger partial charge < -0.3 is 19.1 Å². The molecule has 1 aliphatic rings. The molecule has 4 rings (SSSR count). The van der Waals surface area contributed by atoms with Crippen molar-refractivity contribution in [1.29, 1.82) is 0 Å². The highest BCUT2D eigenvalue weighted by atomic mass is 32.1. The van der Waals surface area contributed by atoms with E-state index >= 15 is 0 Å². The van der Waals surface area contributed by atoms with Crippen molar-refractivity contribution in [3.8, 4) is 16.7 Å². The molecule has 1 aliphatic heterocycles. The predicted molar refractivity (Wildman–Crippen MR) is 109 cm³/mol. The summed E-state index contributed by atoms with van der Waals surface area (Å²) >= 11 is 1.11. The van der Waals surface area contributed by atoms with Gasteiger partial charge in [-0.05, 0) is 18.2 Å². The number of amides is 1. The third-order valence-electron chi connectivity index (χ3n) is 5.03. The van der Waals surface area contributed by atoms with E-state index in [0.29, 0.717) is 52.9 Å². The Hall–Kier alpha value is -2.94. The number of carbonyl (C=O) groups is 1. The molecule has 6 nitrogen and oxygen atoms in total. The van der Waals surface area contributed by atoms with Crippen molar-refractivity contribution in [2.24, 2.45) is 0 Å². The van der Waals surface area contributed by atoms with Gasteiger partial charge in [0.1, 0.15) is 28.9 Å². The van der Waals surface area contributed by atoms with Crippen molar-refractivity contribution >= 4 is 27.5 Å². The molecule has 2 heterocycles. The van der Waals surface area contributed by atoms with Crippen molar-refractivity contribution in [1.82, 2.24) is 9.88 Å². The molecule has 0 spiro atoms. The molecule has 9 heteroatoms. The van der Waals surface area contributed by atoms with Gasteiger partial charge >= 0.3 is 0 Å². The molecule has 0 radical (unpaired) electrons. The average Bonchev–Trinajstić information content (AvgIpc) is 3.16. The van der Waals surface area contributed by atoms with E-state index in [2.05, 4.69) is 4.98 Å². The maximum absolute atomic E-state index is 13.8. The van der Waals surface area contributed by atoms with E-state index in [1.165, 1.54) is 13.2 Å². The zero-order chi connectivity index (χ0) is 21.3. The Morgan fingerprint density at radius 1 is 1.13 bits per heavy atom. The second-order valence-corrected chi connectivity index (χ2v) is 7.88. The van der Waals surface area contributed by atoms with E-state index in [9.17, 15) is 13.6 Å². The van der Waals surface area contributed by atoms with Gasteiger partial charge in [-0.15, -0.1) is 0 Å². The van der Waals surface area contributed by atoms with Crippen LogP contribution in [0, 0.1) is 11.6 Å². The number of thiazole rings is 1. The first-order valence-electron chi connectivity index (χ1n) is 9.42. The highest BCUT2D eigenvalue weighted by Gasteiger charge is 2.27. The molecule has 1 amide bonds. The zero-order valence-electron chi connectivity index (χ0n) is 16.5. The van der Waals surface area contributed by atoms with Crippen LogP contribution in [0.25, 0.3) is 10.2 Å². The summed E-state index contributed by atoms with van der Waals surface area (Å²) in [6, 6.07) is 7.14. The fraction of sp³-hybridized carbons (Fsp3) is 0.333. The third kappa shape index (κ3) is 4.02. The van der Waals surface area contributed by atoms with E-state index in [1.807, 2.05) is 0 Å². The molecule has 0 bridgehead atoms. The summed E-state index contributed by atoms with van der Waals surface area (Å²) in [7, 11) is 3.07. The third-order valence-corrected chi connectivity index (χ3v) is 5.92. The second-order valence-electron chi connectivity index (χ2n) is 6.89. The second kappa shape index (κ2) is 8.43. The summed E-state index contributed by atoms with van der Waals surface area (Å²) in [5.74, 6) is -0.393. The molecule has 0 N–H and O–H groups in total. The number of methoxy groups -OCH3 is 2. The quantitative estimate of drug-likeness (QED) is 0.600.